The lowest BCUT2D eigenvalue weighted by Crippen LogP contribution is -2.01. The van der Waals surface area contributed by atoms with Crippen LogP contribution in [0.25, 0.3) is 22.4 Å². The van der Waals surface area contributed by atoms with Gasteiger partial charge in [-0.05, 0) is 24.6 Å². The van der Waals surface area contributed by atoms with Crippen LogP contribution in [0.15, 0.2) is 51.9 Å². The van der Waals surface area contributed by atoms with Gasteiger partial charge in [-0.1, -0.05) is 41.1 Å². The van der Waals surface area contributed by atoms with Crippen LogP contribution in [-0.2, 0) is 16.4 Å². The molecule has 1 heterocycles. The van der Waals surface area contributed by atoms with Gasteiger partial charge >= 0.3 is 0 Å². The highest BCUT2D eigenvalue weighted by molar-refractivity contribution is 7.90. The molecule has 0 radical (unpaired) electrons. The molecular weight excluding hydrogens is 345 g/mol. The van der Waals surface area contributed by atoms with Crippen molar-refractivity contribution in [2.24, 2.45) is 0 Å². The van der Waals surface area contributed by atoms with Crippen LogP contribution in [0, 0.1) is 12.7 Å². The lowest BCUT2D eigenvalue weighted by Gasteiger charge is -2.07. The summed E-state index contributed by atoms with van der Waals surface area (Å²) in [5.74, 6) is -0.679. The van der Waals surface area contributed by atoms with Gasteiger partial charge in [-0.15, -0.1) is 0 Å². The normalized spacial score (nSPS) is 11.7. The lowest BCUT2D eigenvalue weighted by molar-refractivity contribution is 0.230. The fourth-order valence-electron chi connectivity index (χ4n) is 2.60. The maximum absolute atomic E-state index is 14.3. The second-order valence-electron chi connectivity index (χ2n) is 5.77. The summed E-state index contributed by atoms with van der Waals surface area (Å²) < 4.78 is 42.6. The van der Waals surface area contributed by atoms with E-state index in [9.17, 15) is 17.9 Å². The van der Waals surface area contributed by atoms with E-state index in [4.69, 9.17) is 4.52 Å². The molecule has 0 aliphatic heterocycles. The number of aromatic nitrogens is 1. The minimum atomic E-state index is -3.67. The van der Waals surface area contributed by atoms with Crippen molar-refractivity contribution in [1.29, 1.82) is 0 Å². The van der Waals surface area contributed by atoms with Gasteiger partial charge in [-0.3, -0.25) is 0 Å². The van der Waals surface area contributed by atoms with E-state index < -0.39 is 22.3 Å². The van der Waals surface area contributed by atoms with Crippen LogP contribution in [0.4, 0.5) is 4.39 Å². The zero-order valence-corrected chi connectivity index (χ0v) is 14.5. The second-order valence-corrected chi connectivity index (χ2v) is 7.76. The van der Waals surface area contributed by atoms with Gasteiger partial charge in [0.15, 0.2) is 15.6 Å². The van der Waals surface area contributed by atoms with Crippen molar-refractivity contribution in [2.45, 2.75) is 18.4 Å². The predicted molar refractivity (Wildman–Crippen MR) is 91.1 cm³/mol. The molecular formula is C18H16FNO4S. The molecule has 1 aromatic heterocycles. The van der Waals surface area contributed by atoms with Gasteiger partial charge in [0.2, 0.25) is 0 Å². The van der Waals surface area contributed by atoms with Crippen LogP contribution < -0.4 is 0 Å². The number of aliphatic hydroxyl groups is 1. The van der Waals surface area contributed by atoms with Crippen LogP contribution in [0.3, 0.4) is 0 Å². The smallest absolute Gasteiger partial charge is 0.178 e. The zero-order valence-electron chi connectivity index (χ0n) is 13.7. The Morgan fingerprint density at radius 3 is 2.32 bits per heavy atom. The van der Waals surface area contributed by atoms with Crippen molar-refractivity contribution >= 4 is 9.84 Å². The maximum Gasteiger partial charge on any atom is 0.178 e. The summed E-state index contributed by atoms with van der Waals surface area (Å²) >= 11 is 0. The number of sulfone groups is 1. The molecule has 5 nitrogen and oxygen atoms in total. The first kappa shape index (κ1) is 17.3. The highest BCUT2D eigenvalue weighted by atomic mass is 32.2. The molecule has 2 aromatic carbocycles. The SMILES string of the molecule is Cc1ccc(-c2noc(CO)c2-c2ccc(S(C)(=O)=O)c(F)c2)cc1. The Kier molecular flexibility index (Phi) is 4.45. The minimum absolute atomic E-state index is 0.182. The number of nitrogens with zero attached hydrogens (tertiary/aromatic N) is 1. The molecule has 0 saturated carbocycles. The molecule has 0 unspecified atom stereocenters. The number of hydrogen-bond donors (Lipinski definition) is 1. The Morgan fingerprint density at radius 1 is 1.12 bits per heavy atom. The van der Waals surface area contributed by atoms with E-state index in [0.29, 0.717) is 16.8 Å². The topological polar surface area (TPSA) is 80.4 Å². The average Bonchev–Trinajstić information content (AvgIpc) is 2.98. The van der Waals surface area contributed by atoms with E-state index in [1.807, 2.05) is 31.2 Å². The molecule has 0 bridgehead atoms. The first-order chi connectivity index (χ1) is 11.8. The summed E-state index contributed by atoms with van der Waals surface area (Å²) in [5, 5.41) is 13.5. The van der Waals surface area contributed by atoms with Gasteiger partial charge in [-0.2, -0.15) is 0 Å². The number of rotatable bonds is 4. The van der Waals surface area contributed by atoms with Gasteiger partial charge < -0.3 is 9.63 Å². The van der Waals surface area contributed by atoms with Crippen molar-refractivity contribution in [3.05, 3.63) is 59.6 Å². The largest absolute Gasteiger partial charge is 0.388 e. The van der Waals surface area contributed by atoms with Crippen molar-refractivity contribution in [1.82, 2.24) is 5.16 Å². The van der Waals surface area contributed by atoms with Gasteiger partial charge in [0.05, 0.1) is 5.56 Å². The molecule has 0 aliphatic carbocycles. The predicted octanol–water partition coefficient (Wildman–Crippen LogP) is 3.35. The van der Waals surface area contributed by atoms with E-state index in [1.165, 1.54) is 12.1 Å². The van der Waals surface area contributed by atoms with E-state index >= 15 is 0 Å². The molecule has 3 aromatic rings. The number of hydrogen-bond acceptors (Lipinski definition) is 5. The first-order valence-corrected chi connectivity index (χ1v) is 9.37. The molecule has 0 fully saturated rings. The standard InChI is InChI=1S/C18H16FNO4S/c1-11-3-5-12(6-4-11)18-17(15(10-21)24-20-18)13-7-8-16(14(19)9-13)25(2,22)23/h3-9,21H,10H2,1-2H3. The van der Waals surface area contributed by atoms with E-state index in [2.05, 4.69) is 5.16 Å². The van der Waals surface area contributed by atoms with E-state index in [0.717, 1.165) is 23.4 Å². The maximum atomic E-state index is 14.3. The molecule has 0 aliphatic rings. The summed E-state index contributed by atoms with van der Waals surface area (Å²) in [6.07, 6.45) is 0.946. The molecule has 0 amide bonds. The Balaban J connectivity index is 2.18. The van der Waals surface area contributed by atoms with Gasteiger partial charge in [0.25, 0.3) is 0 Å². The number of aliphatic hydroxyl groups excluding tert-OH is 1. The molecule has 0 spiro atoms. The Bertz CT molecular complexity index is 1020. The fraction of sp³-hybridized carbons (Fsp3) is 0.167. The quantitative estimate of drug-likeness (QED) is 0.771. The van der Waals surface area contributed by atoms with Gasteiger partial charge in [0, 0.05) is 11.8 Å². The third-order valence-corrected chi connectivity index (χ3v) is 4.98. The van der Waals surface area contributed by atoms with Crippen LogP contribution in [0.1, 0.15) is 11.3 Å². The van der Waals surface area contributed by atoms with Crippen LogP contribution in [-0.4, -0.2) is 24.9 Å². The van der Waals surface area contributed by atoms with Crippen molar-refractivity contribution in [2.75, 3.05) is 6.26 Å². The lowest BCUT2D eigenvalue weighted by atomic mass is 9.98. The third kappa shape index (κ3) is 3.33. The summed E-state index contributed by atoms with van der Waals surface area (Å²) in [7, 11) is -3.67. The molecule has 1 N–H and O–H groups in total. The highest BCUT2D eigenvalue weighted by Crippen LogP contribution is 2.36. The van der Waals surface area contributed by atoms with Crippen LogP contribution in [0.2, 0.25) is 0 Å². The summed E-state index contributed by atoms with van der Waals surface area (Å²) in [5.41, 5.74) is 3.09. The Hall–Kier alpha value is -2.51. The van der Waals surface area contributed by atoms with Gasteiger partial charge in [-0.25, -0.2) is 12.8 Å². The van der Waals surface area contributed by atoms with Crippen LogP contribution >= 0.6 is 0 Å². The van der Waals surface area contributed by atoms with Crippen molar-refractivity contribution in [3.8, 4) is 22.4 Å². The summed E-state index contributed by atoms with van der Waals surface area (Å²) in [6.45, 7) is 1.54. The average molecular weight is 361 g/mol. The molecule has 130 valence electrons. The number of benzene rings is 2. The zero-order chi connectivity index (χ0) is 18.2. The Labute approximate surface area is 144 Å². The Morgan fingerprint density at radius 2 is 1.76 bits per heavy atom. The number of halogens is 1. The molecule has 0 saturated heterocycles. The molecule has 0 atom stereocenters. The van der Waals surface area contributed by atoms with E-state index in [-0.39, 0.29) is 10.7 Å². The highest BCUT2D eigenvalue weighted by Gasteiger charge is 2.21. The second kappa shape index (κ2) is 6.42. The monoisotopic (exact) mass is 361 g/mol. The number of aryl methyl sites for hydroxylation is 1. The van der Waals surface area contributed by atoms with Crippen LogP contribution in [0.5, 0.6) is 0 Å². The summed E-state index contributed by atoms with van der Waals surface area (Å²) in [6, 6.07) is 11.3. The van der Waals surface area contributed by atoms with Crippen molar-refractivity contribution < 1.29 is 22.4 Å². The fourth-order valence-corrected chi connectivity index (χ4v) is 3.32. The van der Waals surface area contributed by atoms with E-state index in [1.54, 1.807) is 0 Å². The minimum Gasteiger partial charge on any atom is -0.388 e. The first-order valence-electron chi connectivity index (χ1n) is 7.47. The molecule has 3 rings (SSSR count). The summed E-state index contributed by atoms with van der Waals surface area (Å²) in [4.78, 5) is -0.380. The van der Waals surface area contributed by atoms with Crippen molar-refractivity contribution in [3.63, 3.8) is 0 Å². The third-order valence-electron chi connectivity index (χ3n) is 3.85. The molecule has 25 heavy (non-hydrogen) atoms. The van der Waals surface area contributed by atoms with Gasteiger partial charge in [0.1, 0.15) is 23.0 Å². The molecule has 7 heteroatoms.